The van der Waals surface area contributed by atoms with Crippen molar-refractivity contribution in [3.05, 3.63) is 30.1 Å². The summed E-state index contributed by atoms with van der Waals surface area (Å²) in [4.78, 5) is 24.5. The van der Waals surface area contributed by atoms with Crippen molar-refractivity contribution < 1.29 is 18.0 Å². The van der Waals surface area contributed by atoms with Crippen LogP contribution in [-0.4, -0.2) is 70.5 Å². The van der Waals surface area contributed by atoms with E-state index in [0.717, 1.165) is 10.6 Å². The molecule has 11 nitrogen and oxygen atoms in total. The molecule has 0 spiro atoms. The largest absolute Gasteiger partial charge is 0.367 e. The number of piperidine rings is 1. The van der Waals surface area contributed by atoms with Crippen LogP contribution in [0.3, 0.4) is 0 Å². The van der Waals surface area contributed by atoms with Gasteiger partial charge in [-0.25, -0.2) is 17.8 Å². The zero-order valence-electron chi connectivity index (χ0n) is 16.0. The molecule has 2 aromatic rings. The maximum Gasteiger partial charge on any atom is 0.229 e. The predicted octanol–water partition coefficient (Wildman–Crippen LogP) is -0.159. The second-order valence-electron chi connectivity index (χ2n) is 6.61. The first-order valence-corrected chi connectivity index (χ1v) is 10.9. The second kappa shape index (κ2) is 9.09. The Balaban J connectivity index is 1.41. The zero-order valence-corrected chi connectivity index (χ0v) is 16.9. The van der Waals surface area contributed by atoms with Crippen LogP contribution in [0.4, 0.5) is 5.82 Å². The van der Waals surface area contributed by atoms with E-state index in [1.165, 1.54) is 0 Å². The lowest BCUT2D eigenvalue weighted by molar-refractivity contribution is -0.147. The lowest BCUT2D eigenvalue weighted by Crippen LogP contribution is -2.44. The number of amides is 2. The van der Waals surface area contributed by atoms with E-state index in [1.807, 2.05) is 13.0 Å². The highest BCUT2D eigenvalue weighted by Crippen LogP contribution is 2.12. The van der Waals surface area contributed by atoms with Gasteiger partial charge in [-0.05, 0) is 31.5 Å². The number of aromatic nitrogens is 4. The Kier molecular flexibility index (Phi) is 6.54. The van der Waals surface area contributed by atoms with Crippen LogP contribution in [-0.2, 0) is 19.6 Å². The van der Waals surface area contributed by atoms with Gasteiger partial charge in [0.2, 0.25) is 21.8 Å². The van der Waals surface area contributed by atoms with Gasteiger partial charge in [0.05, 0.1) is 11.4 Å². The third kappa shape index (κ3) is 5.81. The van der Waals surface area contributed by atoms with Crippen LogP contribution in [0.1, 0.15) is 25.0 Å². The van der Waals surface area contributed by atoms with Crippen LogP contribution >= 0.6 is 0 Å². The number of sulfonamides is 1. The number of carbonyl (C=O) groups is 2. The molecule has 1 aliphatic rings. The highest BCUT2D eigenvalue weighted by molar-refractivity contribution is 7.89. The molecule has 2 aromatic heterocycles. The van der Waals surface area contributed by atoms with E-state index in [9.17, 15) is 18.0 Å². The molecular formula is C17H23N7O4S. The summed E-state index contributed by atoms with van der Waals surface area (Å²) in [5.41, 5.74) is 0.871. The van der Waals surface area contributed by atoms with Gasteiger partial charge >= 0.3 is 0 Å². The molecule has 3 rings (SSSR count). The predicted molar refractivity (Wildman–Crippen MR) is 105 cm³/mol. The molecule has 3 heterocycles. The Morgan fingerprint density at radius 1 is 1.07 bits per heavy atom. The third-order valence-corrected chi connectivity index (χ3v) is 5.69. The average Bonchev–Trinajstić information content (AvgIpc) is 3.12. The summed E-state index contributed by atoms with van der Waals surface area (Å²) in [7, 11) is -3.61. The number of anilines is 1. The van der Waals surface area contributed by atoms with Crippen LogP contribution < -0.4 is 10.0 Å². The molecular weight excluding hydrogens is 398 g/mol. The quantitative estimate of drug-likeness (QED) is 0.421. The van der Waals surface area contributed by atoms with Crippen molar-refractivity contribution in [1.29, 1.82) is 0 Å². The number of hydrogen-bond acceptors (Lipinski definition) is 8. The number of aryl methyl sites for hydroxylation is 1. The van der Waals surface area contributed by atoms with Crippen LogP contribution in [0, 0.1) is 6.92 Å². The Morgan fingerprint density at radius 2 is 1.83 bits per heavy atom. The van der Waals surface area contributed by atoms with E-state index >= 15 is 0 Å². The van der Waals surface area contributed by atoms with Gasteiger partial charge in [0.1, 0.15) is 5.82 Å². The molecule has 0 atom stereocenters. The molecule has 0 aliphatic carbocycles. The van der Waals surface area contributed by atoms with Crippen LogP contribution in [0.5, 0.6) is 0 Å². The van der Waals surface area contributed by atoms with E-state index in [0.29, 0.717) is 24.6 Å². The number of nitrogens with zero attached hydrogens (tertiary/aromatic N) is 5. The zero-order chi connectivity index (χ0) is 20.9. The molecule has 0 saturated carbocycles. The highest BCUT2D eigenvalue weighted by atomic mass is 32.2. The summed E-state index contributed by atoms with van der Waals surface area (Å²) in [6, 6.07) is 5.33. The summed E-state index contributed by atoms with van der Waals surface area (Å²) in [6.45, 7) is 2.19. The SMILES string of the molecule is Cc1ccn(-c2ccc(NCCNS(=O)(=O)CCN3C(=O)CCCC3=O)nn2)n1. The van der Waals surface area contributed by atoms with Gasteiger partial charge in [-0.3, -0.25) is 14.5 Å². The van der Waals surface area contributed by atoms with Crippen LogP contribution in [0.2, 0.25) is 0 Å². The number of rotatable bonds is 9. The summed E-state index contributed by atoms with van der Waals surface area (Å²) in [6.07, 6.45) is 2.87. The molecule has 0 radical (unpaired) electrons. The number of likely N-dealkylation sites (tertiary alicyclic amines) is 1. The standard InChI is InChI=1S/C17H23N7O4S/c1-13-7-10-24(22-13)15-6-5-14(20-21-15)18-8-9-19-29(27,28)12-11-23-16(25)3-2-4-17(23)26/h5-7,10,19H,2-4,8-9,11-12H2,1H3,(H,18,20). The topological polar surface area (TPSA) is 139 Å². The number of carbonyl (C=O) groups excluding carboxylic acids is 2. The fourth-order valence-electron chi connectivity index (χ4n) is 2.81. The summed E-state index contributed by atoms with van der Waals surface area (Å²) in [5, 5.41) is 15.3. The van der Waals surface area contributed by atoms with Crippen molar-refractivity contribution in [2.45, 2.75) is 26.2 Å². The van der Waals surface area contributed by atoms with Gasteiger partial charge in [0.25, 0.3) is 0 Å². The van der Waals surface area contributed by atoms with Crippen LogP contribution in [0.15, 0.2) is 24.4 Å². The minimum absolute atomic E-state index is 0.125. The summed E-state index contributed by atoms with van der Waals surface area (Å²) in [5.74, 6) is 0.130. The lowest BCUT2D eigenvalue weighted by Gasteiger charge is -2.24. The Labute approximate surface area is 168 Å². The van der Waals surface area contributed by atoms with E-state index in [1.54, 1.807) is 23.0 Å². The molecule has 2 N–H and O–H groups in total. The van der Waals surface area contributed by atoms with Crippen LogP contribution in [0.25, 0.3) is 5.82 Å². The van der Waals surface area contributed by atoms with Gasteiger partial charge < -0.3 is 5.32 Å². The summed E-state index contributed by atoms with van der Waals surface area (Å²) >= 11 is 0. The van der Waals surface area contributed by atoms with Gasteiger partial charge in [-0.15, -0.1) is 10.2 Å². The molecule has 1 saturated heterocycles. The summed E-state index contributed by atoms with van der Waals surface area (Å²) < 4.78 is 28.2. The Bertz CT molecular complexity index is 956. The first-order valence-electron chi connectivity index (χ1n) is 9.25. The fourth-order valence-corrected chi connectivity index (χ4v) is 3.79. The first kappa shape index (κ1) is 20.9. The fraction of sp³-hybridized carbons (Fsp3) is 0.471. The van der Waals surface area contributed by atoms with Crippen molar-refractivity contribution in [1.82, 2.24) is 29.6 Å². The van der Waals surface area contributed by atoms with Crippen molar-refractivity contribution in [3.63, 3.8) is 0 Å². The van der Waals surface area contributed by atoms with Gasteiger partial charge in [-0.2, -0.15) is 5.10 Å². The van der Waals surface area contributed by atoms with Crippen molar-refractivity contribution in [3.8, 4) is 5.82 Å². The Morgan fingerprint density at radius 3 is 2.45 bits per heavy atom. The van der Waals surface area contributed by atoms with Crippen molar-refractivity contribution in [2.24, 2.45) is 0 Å². The minimum Gasteiger partial charge on any atom is -0.367 e. The number of imide groups is 1. The molecule has 0 unspecified atom stereocenters. The second-order valence-corrected chi connectivity index (χ2v) is 8.54. The number of nitrogens with one attached hydrogen (secondary N) is 2. The number of hydrogen-bond donors (Lipinski definition) is 2. The van der Waals surface area contributed by atoms with Gasteiger partial charge in [0.15, 0.2) is 5.82 Å². The van der Waals surface area contributed by atoms with E-state index in [-0.39, 0.29) is 43.5 Å². The molecule has 0 aromatic carbocycles. The van der Waals surface area contributed by atoms with E-state index in [2.05, 4.69) is 25.3 Å². The molecule has 1 aliphatic heterocycles. The average molecular weight is 421 g/mol. The maximum atomic E-state index is 12.1. The smallest absolute Gasteiger partial charge is 0.229 e. The highest BCUT2D eigenvalue weighted by Gasteiger charge is 2.27. The Hall–Kier alpha value is -2.86. The van der Waals surface area contributed by atoms with Crippen molar-refractivity contribution in [2.75, 3.05) is 30.7 Å². The minimum atomic E-state index is -3.61. The monoisotopic (exact) mass is 421 g/mol. The third-order valence-electron chi connectivity index (χ3n) is 4.33. The van der Waals surface area contributed by atoms with Gasteiger partial charge in [-0.1, -0.05) is 0 Å². The molecule has 0 bridgehead atoms. The molecule has 12 heteroatoms. The molecule has 2 amide bonds. The maximum absolute atomic E-state index is 12.1. The normalized spacial score (nSPS) is 15.0. The van der Waals surface area contributed by atoms with E-state index in [4.69, 9.17) is 0 Å². The molecule has 1 fully saturated rings. The first-order chi connectivity index (χ1) is 13.8. The molecule has 29 heavy (non-hydrogen) atoms. The van der Waals surface area contributed by atoms with E-state index < -0.39 is 10.0 Å². The van der Waals surface area contributed by atoms with Crippen molar-refractivity contribution >= 4 is 27.7 Å². The lowest BCUT2D eigenvalue weighted by atomic mass is 10.1. The molecule has 156 valence electrons. The van der Waals surface area contributed by atoms with Gasteiger partial charge in [0, 0.05) is 38.7 Å².